The van der Waals surface area contributed by atoms with Crippen LogP contribution in [0.2, 0.25) is 0 Å². The lowest BCUT2D eigenvalue weighted by Gasteiger charge is -2.22. The molecule has 1 saturated heterocycles. The number of amides is 1. The molecule has 1 atom stereocenters. The van der Waals surface area contributed by atoms with Crippen LogP contribution in [0, 0.1) is 0 Å². The molecule has 1 fully saturated rings. The van der Waals surface area contributed by atoms with Crippen LogP contribution in [0.25, 0.3) is 0 Å². The minimum atomic E-state index is -0.330. The fourth-order valence-corrected chi connectivity index (χ4v) is 3.41. The number of ether oxygens (including phenoxy) is 2. The molecule has 0 spiro atoms. The summed E-state index contributed by atoms with van der Waals surface area (Å²) in [5, 5.41) is 10.8. The summed E-state index contributed by atoms with van der Waals surface area (Å²) in [7, 11) is 3.17. The summed E-state index contributed by atoms with van der Waals surface area (Å²) in [5.41, 5.74) is 0.924. The van der Waals surface area contributed by atoms with Crippen LogP contribution < -0.4 is 14.8 Å². The Morgan fingerprint density at radius 1 is 1.30 bits per heavy atom. The summed E-state index contributed by atoms with van der Waals surface area (Å²) < 4.78 is 16.1. The van der Waals surface area contributed by atoms with Gasteiger partial charge < -0.3 is 19.2 Å². The number of likely N-dealkylation sites (N-methyl/N-ethyl adjacent to an activating group) is 1. The predicted octanol–water partition coefficient (Wildman–Crippen LogP) is 1.89. The molecule has 1 aliphatic rings. The first-order valence-corrected chi connectivity index (χ1v) is 9.20. The highest BCUT2D eigenvalue weighted by atomic mass is 16.5. The van der Waals surface area contributed by atoms with Gasteiger partial charge in [0, 0.05) is 12.6 Å². The molecule has 1 amide bonds. The number of carbonyl (C=O) groups is 1. The van der Waals surface area contributed by atoms with Gasteiger partial charge in [-0.15, -0.1) is 10.2 Å². The third-order valence-electron chi connectivity index (χ3n) is 4.87. The highest BCUT2D eigenvalue weighted by Crippen LogP contribution is 2.28. The second-order valence-corrected chi connectivity index (χ2v) is 6.50. The van der Waals surface area contributed by atoms with Crippen molar-refractivity contribution in [2.24, 2.45) is 0 Å². The maximum atomic E-state index is 12.3. The van der Waals surface area contributed by atoms with Crippen LogP contribution in [0.15, 0.2) is 22.6 Å². The number of rotatable bonds is 8. The van der Waals surface area contributed by atoms with Gasteiger partial charge in [0.2, 0.25) is 5.89 Å². The van der Waals surface area contributed by atoms with Crippen LogP contribution in [0.1, 0.15) is 41.9 Å². The molecule has 0 bridgehead atoms. The average molecular weight is 374 g/mol. The molecule has 1 aromatic heterocycles. The first kappa shape index (κ1) is 19.2. The normalized spacial score (nSPS) is 17.1. The van der Waals surface area contributed by atoms with Crippen molar-refractivity contribution >= 4 is 5.91 Å². The van der Waals surface area contributed by atoms with E-state index >= 15 is 0 Å². The monoisotopic (exact) mass is 374 g/mol. The Bertz CT molecular complexity index is 777. The smallest absolute Gasteiger partial charge is 0.308 e. The van der Waals surface area contributed by atoms with Crippen LogP contribution in [0.5, 0.6) is 11.5 Å². The standard InChI is InChI=1S/C19H26N4O4/c1-4-23-9-5-6-14(23)12-20-18(24)19-22-21-17(27-19)11-13-7-8-15(25-2)16(10-13)26-3/h7-8,10,14H,4-6,9,11-12H2,1-3H3,(H,20,24)/t14-/m0/s1. The molecule has 8 heteroatoms. The van der Waals surface area contributed by atoms with Crippen LogP contribution in [-0.4, -0.2) is 60.9 Å². The third-order valence-corrected chi connectivity index (χ3v) is 4.87. The molecular weight excluding hydrogens is 348 g/mol. The molecule has 27 heavy (non-hydrogen) atoms. The fourth-order valence-electron chi connectivity index (χ4n) is 3.41. The van der Waals surface area contributed by atoms with Crippen molar-refractivity contribution in [1.29, 1.82) is 0 Å². The minimum Gasteiger partial charge on any atom is -0.493 e. The summed E-state index contributed by atoms with van der Waals surface area (Å²) in [4.78, 5) is 14.7. The van der Waals surface area contributed by atoms with Crippen molar-refractivity contribution in [2.45, 2.75) is 32.2 Å². The summed E-state index contributed by atoms with van der Waals surface area (Å²) >= 11 is 0. The zero-order chi connectivity index (χ0) is 19.2. The van der Waals surface area contributed by atoms with Gasteiger partial charge in [0.15, 0.2) is 11.5 Å². The topological polar surface area (TPSA) is 89.7 Å². The number of benzene rings is 1. The SMILES string of the molecule is CCN1CCC[C@H]1CNC(=O)c1nnc(Cc2ccc(OC)c(OC)c2)o1. The van der Waals surface area contributed by atoms with E-state index in [0.717, 1.165) is 25.1 Å². The number of methoxy groups -OCH3 is 2. The van der Waals surface area contributed by atoms with E-state index < -0.39 is 0 Å². The minimum absolute atomic E-state index is 0.00785. The maximum absolute atomic E-state index is 12.3. The molecule has 2 aromatic rings. The zero-order valence-electron chi connectivity index (χ0n) is 16.0. The van der Waals surface area contributed by atoms with Gasteiger partial charge in [-0.05, 0) is 43.6 Å². The van der Waals surface area contributed by atoms with E-state index in [-0.39, 0.29) is 11.8 Å². The number of hydrogen-bond donors (Lipinski definition) is 1. The summed E-state index contributed by atoms with van der Waals surface area (Å²) in [6.07, 6.45) is 2.68. The van der Waals surface area contributed by atoms with E-state index in [2.05, 4.69) is 27.3 Å². The quantitative estimate of drug-likeness (QED) is 0.755. The molecule has 0 saturated carbocycles. The first-order chi connectivity index (χ1) is 13.1. The Morgan fingerprint density at radius 2 is 2.11 bits per heavy atom. The lowest BCUT2D eigenvalue weighted by Crippen LogP contribution is -2.40. The average Bonchev–Trinajstić information content (AvgIpc) is 3.35. The van der Waals surface area contributed by atoms with Crippen LogP contribution in [0.4, 0.5) is 0 Å². The number of aromatic nitrogens is 2. The van der Waals surface area contributed by atoms with Crippen LogP contribution >= 0.6 is 0 Å². The molecule has 0 unspecified atom stereocenters. The number of nitrogens with one attached hydrogen (secondary N) is 1. The number of likely N-dealkylation sites (tertiary alicyclic amines) is 1. The molecular formula is C19H26N4O4. The molecule has 0 aliphatic carbocycles. The van der Waals surface area contributed by atoms with Crippen LogP contribution in [-0.2, 0) is 6.42 Å². The van der Waals surface area contributed by atoms with Gasteiger partial charge in [-0.3, -0.25) is 9.69 Å². The highest BCUT2D eigenvalue weighted by Gasteiger charge is 2.24. The molecule has 1 aromatic carbocycles. The van der Waals surface area contributed by atoms with Gasteiger partial charge in [-0.2, -0.15) is 0 Å². The Balaban J connectivity index is 1.58. The lowest BCUT2D eigenvalue weighted by molar-refractivity contribution is 0.0905. The Hall–Kier alpha value is -2.61. The maximum Gasteiger partial charge on any atom is 0.308 e. The summed E-state index contributed by atoms with van der Waals surface area (Å²) in [5.74, 6) is 1.32. The van der Waals surface area contributed by atoms with Gasteiger partial charge in [0.05, 0.1) is 20.6 Å². The van der Waals surface area contributed by atoms with Crippen molar-refractivity contribution in [3.8, 4) is 11.5 Å². The number of hydrogen-bond acceptors (Lipinski definition) is 7. The second kappa shape index (κ2) is 8.85. The Kier molecular flexibility index (Phi) is 6.28. The van der Waals surface area contributed by atoms with Gasteiger partial charge in [0.25, 0.3) is 0 Å². The largest absolute Gasteiger partial charge is 0.493 e. The Morgan fingerprint density at radius 3 is 2.85 bits per heavy atom. The molecule has 1 aliphatic heterocycles. The van der Waals surface area contributed by atoms with E-state index in [1.54, 1.807) is 14.2 Å². The van der Waals surface area contributed by atoms with Crippen molar-refractivity contribution < 1.29 is 18.7 Å². The Labute approximate surface area is 158 Å². The number of nitrogens with zero attached hydrogens (tertiary/aromatic N) is 3. The van der Waals surface area contributed by atoms with Gasteiger partial charge in [-0.1, -0.05) is 13.0 Å². The van der Waals surface area contributed by atoms with E-state index in [1.165, 1.54) is 6.42 Å². The lowest BCUT2D eigenvalue weighted by atomic mass is 10.1. The molecule has 8 nitrogen and oxygen atoms in total. The summed E-state index contributed by atoms with van der Waals surface area (Å²) in [6.45, 7) is 4.82. The molecule has 1 N–H and O–H groups in total. The second-order valence-electron chi connectivity index (χ2n) is 6.50. The van der Waals surface area contributed by atoms with Crippen molar-refractivity contribution in [1.82, 2.24) is 20.4 Å². The van der Waals surface area contributed by atoms with Crippen molar-refractivity contribution in [3.05, 3.63) is 35.5 Å². The third kappa shape index (κ3) is 4.57. The van der Waals surface area contributed by atoms with E-state index in [9.17, 15) is 4.79 Å². The van der Waals surface area contributed by atoms with Gasteiger partial charge >= 0.3 is 11.8 Å². The van der Waals surface area contributed by atoms with E-state index in [0.29, 0.717) is 36.4 Å². The zero-order valence-corrected chi connectivity index (χ0v) is 16.0. The van der Waals surface area contributed by atoms with Crippen LogP contribution in [0.3, 0.4) is 0 Å². The van der Waals surface area contributed by atoms with E-state index in [4.69, 9.17) is 13.9 Å². The predicted molar refractivity (Wildman–Crippen MR) is 99.3 cm³/mol. The summed E-state index contributed by atoms with van der Waals surface area (Å²) in [6, 6.07) is 5.94. The fraction of sp³-hybridized carbons (Fsp3) is 0.526. The van der Waals surface area contributed by atoms with Gasteiger partial charge in [0.1, 0.15) is 0 Å². The molecule has 3 rings (SSSR count). The van der Waals surface area contributed by atoms with Gasteiger partial charge in [-0.25, -0.2) is 0 Å². The highest BCUT2D eigenvalue weighted by molar-refractivity contribution is 5.89. The molecule has 0 radical (unpaired) electrons. The van der Waals surface area contributed by atoms with E-state index in [1.807, 2.05) is 18.2 Å². The molecule has 2 heterocycles. The van der Waals surface area contributed by atoms with Crippen molar-refractivity contribution in [3.63, 3.8) is 0 Å². The van der Waals surface area contributed by atoms with Crippen molar-refractivity contribution in [2.75, 3.05) is 33.9 Å². The first-order valence-electron chi connectivity index (χ1n) is 9.20. The number of carbonyl (C=O) groups excluding carboxylic acids is 1. The molecule has 146 valence electrons.